The molecule has 1 aliphatic rings. The van der Waals surface area contributed by atoms with Gasteiger partial charge in [0.15, 0.2) is 5.76 Å². The zero-order valence-electron chi connectivity index (χ0n) is 12.1. The van der Waals surface area contributed by atoms with Gasteiger partial charge < -0.3 is 14.3 Å². The van der Waals surface area contributed by atoms with Crippen molar-refractivity contribution in [3.8, 4) is 11.6 Å². The van der Waals surface area contributed by atoms with E-state index in [2.05, 4.69) is 20.4 Å². The maximum atomic E-state index is 5.31. The molecule has 1 unspecified atom stereocenters. The highest BCUT2D eigenvalue weighted by atomic mass is 35.5. The van der Waals surface area contributed by atoms with Crippen LogP contribution in [0.15, 0.2) is 27.3 Å². The Morgan fingerprint density at radius 3 is 3.14 bits per heavy atom. The van der Waals surface area contributed by atoms with E-state index in [1.165, 1.54) is 12.8 Å². The second-order valence-corrected chi connectivity index (χ2v) is 5.29. The van der Waals surface area contributed by atoms with Crippen molar-refractivity contribution < 1.29 is 8.94 Å². The molecule has 0 amide bonds. The van der Waals surface area contributed by atoms with Crippen molar-refractivity contribution in [1.82, 2.24) is 20.4 Å². The average molecular weight is 313 g/mol. The molecule has 2 aromatic heterocycles. The Morgan fingerprint density at radius 2 is 2.38 bits per heavy atom. The molecule has 1 atom stereocenters. The van der Waals surface area contributed by atoms with Gasteiger partial charge >= 0.3 is 0 Å². The number of hydrogen-bond donors (Lipinski definition) is 1. The predicted molar refractivity (Wildman–Crippen MR) is 81.2 cm³/mol. The molecule has 7 heteroatoms. The first-order valence-corrected chi connectivity index (χ1v) is 7.08. The summed E-state index contributed by atoms with van der Waals surface area (Å²) >= 11 is 0. The van der Waals surface area contributed by atoms with Crippen molar-refractivity contribution in [2.24, 2.45) is 5.92 Å². The summed E-state index contributed by atoms with van der Waals surface area (Å²) in [4.78, 5) is 6.77. The maximum Gasteiger partial charge on any atom is 0.241 e. The summed E-state index contributed by atoms with van der Waals surface area (Å²) in [5.41, 5.74) is 0. The summed E-state index contributed by atoms with van der Waals surface area (Å²) in [6.45, 7) is 3.96. The van der Waals surface area contributed by atoms with E-state index in [1.807, 2.05) is 19.2 Å². The fourth-order valence-electron chi connectivity index (χ4n) is 2.77. The molecule has 0 spiro atoms. The van der Waals surface area contributed by atoms with Crippen LogP contribution >= 0.6 is 12.4 Å². The van der Waals surface area contributed by atoms with Gasteiger partial charge in [-0.05, 0) is 51.0 Å². The molecular weight excluding hydrogens is 292 g/mol. The largest absolute Gasteiger partial charge is 0.461 e. The Labute approximate surface area is 130 Å². The van der Waals surface area contributed by atoms with E-state index >= 15 is 0 Å². The lowest BCUT2D eigenvalue weighted by Gasteiger charge is -2.31. The highest BCUT2D eigenvalue weighted by Crippen LogP contribution is 2.19. The van der Waals surface area contributed by atoms with Crippen LogP contribution in [0.3, 0.4) is 0 Å². The van der Waals surface area contributed by atoms with Crippen LogP contribution in [0.25, 0.3) is 11.6 Å². The SMILES string of the molecule is CNCC1CCCN(Cc2nc(-c3ccco3)no2)C1.Cl. The zero-order chi connectivity index (χ0) is 13.8. The fourth-order valence-corrected chi connectivity index (χ4v) is 2.77. The highest BCUT2D eigenvalue weighted by molar-refractivity contribution is 5.85. The first-order valence-electron chi connectivity index (χ1n) is 7.08. The molecule has 1 saturated heterocycles. The van der Waals surface area contributed by atoms with Gasteiger partial charge in [0.2, 0.25) is 11.7 Å². The van der Waals surface area contributed by atoms with Crippen LogP contribution in [-0.4, -0.2) is 41.7 Å². The summed E-state index contributed by atoms with van der Waals surface area (Å²) in [6.07, 6.45) is 4.13. The molecule has 0 radical (unpaired) electrons. The Kier molecular flexibility index (Phi) is 5.78. The van der Waals surface area contributed by atoms with E-state index in [9.17, 15) is 0 Å². The van der Waals surface area contributed by atoms with E-state index < -0.39 is 0 Å². The summed E-state index contributed by atoms with van der Waals surface area (Å²) in [6, 6.07) is 3.65. The Morgan fingerprint density at radius 1 is 1.48 bits per heavy atom. The van der Waals surface area contributed by atoms with Gasteiger partial charge in [-0.25, -0.2) is 0 Å². The summed E-state index contributed by atoms with van der Waals surface area (Å²) < 4.78 is 10.6. The first-order chi connectivity index (χ1) is 9.85. The Hall–Kier alpha value is -1.37. The Balaban J connectivity index is 0.00000161. The highest BCUT2D eigenvalue weighted by Gasteiger charge is 2.21. The van der Waals surface area contributed by atoms with Gasteiger partial charge in [-0.3, -0.25) is 4.90 Å². The molecule has 116 valence electrons. The molecule has 0 saturated carbocycles. The summed E-state index contributed by atoms with van der Waals surface area (Å²) in [7, 11) is 2.01. The van der Waals surface area contributed by atoms with Crippen molar-refractivity contribution in [2.75, 3.05) is 26.7 Å². The van der Waals surface area contributed by atoms with Crippen LogP contribution in [-0.2, 0) is 6.54 Å². The number of aromatic nitrogens is 2. The standard InChI is InChI=1S/C14H20N4O2.ClH/c1-15-8-11-4-2-6-18(9-11)10-13-16-14(17-20-13)12-5-3-7-19-12;/h3,5,7,11,15H,2,4,6,8-10H2,1H3;1H. The second-order valence-electron chi connectivity index (χ2n) is 5.29. The van der Waals surface area contributed by atoms with Gasteiger partial charge in [-0.1, -0.05) is 5.16 Å². The summed E-state index contributed by atoms with van der Waals surface area (Å²) in [5, 5.41) is 7.21. The van der Waals surface area contributed by atoms with Crippen LogP contribution in [0, 0.1) is 5.92 Å². The third-order valence-electron chi connectivity index (χ3n) is 3.66. The average Bonchev–Trinajstić information content (AvgIpc) is 3.10. The number of hydrogen-bond acceptors (Lipinski definition) is 6. The quantitative estimate of drug-likeness (QED) is 0.913. The van der Waals surface area contributed by atoms with Gasteiger partial charge in [0.25, 0.3) is 0 Å². The molecule has 0 bridgehead atoms. The topological polar surface area (TPSA) is 67.3 Å². The molecule has 1 aliphatic heterocycles. The van der Waals surface area contributed by atoms with E-state index in [4.69, 9.17) is 8.94 Å². The number of likely N-dealkylation sites (tertiary alicyclic amines) is 1. The molecule has 6 nitrogen and oxygen atoms in total. The van der Waals surface area contributed by atoms with Crippen molar-refractivity contribution in [3.05, 3.63) is 24.3 Å². The van der Waals surface area contributed by atoms with Crippen molar-refractivity contribution in [3.63, 3.8) is 0 Å². The number of halogens is 1. The van der Waals surface area contributed by atoms with Gasteiger partial charge in [-0.15, -0.1) is 12.4 Å². The molecule has 21 heavy (non-hydrogen) atoms. The van der Waals surface area contributed by atoms with Crippen molar-refractivity contribution >= 4 is 12.4 Å². The monoisotopic (exact) mass is 312 g/mol. The number of piperidine rings is 1. The molecular formula is C14H21ClN4O2. The lowest BCUT2D eigenvalue weighted by molar-refractivity contribution is 0.149. The molecule has 3 heterocycles. The fraction of sp³-hybridized carbons (Fsp3) is 0.571. The second kappa shape index (κ2) is 7.59. The van der Waals surface area contributed by atoms with Gasteiger partial charge in [0.1, 0.15) is 0 Å². The van der Waals surface area contributed by atoms with Crippen LogP contribution in [0.4, 0.5) is 0 Å². The van der Waals surface area contributed by atoms with Gasteiger partial charge in [0, 0.05) is 6.54 Å². The lowest BCUT2D eigenvalue weighted by Crippen LogP contribution is -2.38. The van der Waals surface area contributed by atoms with Gasteiger partial charge in [0.05, 0.1) is 12.8 Å². The van der Waals surface area contributed by atoms with Crippen LogP contribution in [0.2, 0.25) is 0 Å². The third-order valence-corrected chi connectivity index (χ3v) is 3.66. The van der Waals surface area contributed by atoms with E-state index in [1.54, 1.807) is 6.26 Å². The minimum absolute atomic E-state index is 0. The van der Waals surface area contributed by atoms with E-state index in [-0.39, 0.29) is 12.4 Å². The molecule has 0 aliphatic carbocycles. The number of nitrogens with one attached hydrogen (secondary N) is 1. The molecule has 0 aromatic carbocycles. The molecule has 3 rings (SSSR count). The maximum absolute atomic E-state index is 5.31. The van der Waals surface area contributed by atoms with Crippen molar-refractivity contribution in [2.45, 2.75) is 19.4 Å². The van der Waals surface area contributed by atoms with Crippen LogP contribution < -0.4 is 5.32 Å². The third kappa shape index (κ3) is 4.06. The minimum atomic E-state index is 0. The Bertz CT molecular complexity index is 527. The van der Waals surface area contributed by atoms with E-state index in [0.29, 0.717) is 29.9 Å². The first kappa shape index (κ1) is 16.0. The van der Waals surface area contributed by atoms with Crippen LogP contribution in [0.5, 0.6) is 0 Å². The molecule has 1 fully saturated rings. The minimum Gasteiger partial charge on any atom is -0.461 e. The summed E-state index contributed by atoms with van der Waals surface area (Å²) in [5.74, 6) is 2.53. The number of nitrogens with zero attached hydrogens (tertiary/aromatic N) is 3. The van der Waals surface area contributed by atoms with Gasteiger partial charge in [-0.2, -0.15) is 4.98 Å². The molecule has 2 aromatic rings. The van der Waals surface area contributed by atoms with E-state index in [0.717, 1.165) is 19.6 Å². The van der Waals surface area contributed by atoms with Crippen LogP contribution in [0.1, 0.15) is 18.7 Å². The zero-order valence-corrected chi connectivity index (χ0v) is 12.9. The number of rotatable bonds is 5. The molecule has 1 N–H and O–H groups in total. The predicted octanol–water partition coefficient (Wildman–Crippen LogP) is 2.18. The smallest absolute Gasteiger partial charge is 0.241 e. The van der Waals surface area contributed by atoms with Crippen molar-refractivity contribution in [1.29, 1.82) is 0 Å². The number of furan rings is 1. The lowest BCUT2D eigenvalue weighted by atomic mass is 9.98. The normalized spacial score (nSPS) is 19.4.